The molecule has 11 nitrogen and oxygen atoms in total. The van der Waals surface area contributed by atoms with Crippen LogP contribution in [0.5, 0.6) is 0 Å². The third-order valence-corrected chi connectivity index (χ3v) is 4.41. The molecule has 0 aliphatic heterocycles. The number of nitrogen functional groups attached to an aromatic ring is 1. The molecule has 168 valence electrons. The molecule has 0 radical (unpaired) electrons. The van der Waals surface area contributed by atoms with Gasteiger partial charge in [0.1, 0.15) is 6.04 Å². The van der Waals surface area contributed by atoms with E-state index < -0.39 is 17.6 Å². The molecule has 0 saturated heterocycles. The average Bonchev–Trinajstić information content (AvgIpc) is 3.09. The van der Waals surface area contributed by atoms with E-state index >= 15 is 0 Å². The minimum Gasteiger partial charge on any atom is -0.465 e. The number of nitrogens with one attached hydrogen (secondary N) is 1. The molecule has 0 aromatic carbocycles. The molecule has 0 fully saturated rings. The number of carbonyl (C=O) groups is 2. The van der Waals surface area contributed by atoms with E-state index in [1.165, 1.54) is 6.33 Å². The lowest BCUT2D eigenvalue weighted by molar-refractivity contribution is -0.152. The Hall–Kier alpha value is -2.66. The van der Waals surface area contributed by atoms with Crippen molar-refractivity contribution in [3.05, 3.63) is 16.7 Å². The Labute approximate surface area is 179 Å². The zero-order valence-corrected chi connectivity index (χ0v) is 18.1. The standard InChI is InChI=1S/C18H28N6O5.ClH/c1-4-12(19)17(27)29-8-11(7-28-16(26)10(2)3)5-6-24-9-21-13-14(24)22-18(20)23-15(13)25;/h9-12H,4-8,19H2,1-3H3,(H3,20,22,23,25);1H/t11?,12-;/m0./s1. The number of aromatic nitrogens is 4. The Bertz CT molecular complexity index is 912. The Morgan fingerprint density at radius 1 is 1.23 bits per heavy atom. The van der Waals surface area contributed by atoms with Crippen LogP contribution in [-0.2, 0) is 25.6 Å². The van der Waals surface area contributed by atoms with Crippen molar-refractivity contribution in [2.75, 3.05) is 18.9 Å². The van der Waals surface area contributed by atoms with Crippen molar-refractivity contribution in [2.45, 2.75) is 46.2 Å². The smallest absolute Gasteiger partial charge is 0.322 e. The molecule has 30 heavy (non-hydrogen) atoms. The molecule has 1 unspecified atom stereocenters. The van der Waals surface area contributed by atoms with E-state index in [2.05, 4.69) is 15.0 Å². The normalized spacial score (nSPS) is 13.0. The van der Waals surface area contributed by atoms with E-state index in [1.54, 1.807) is 25.3 Å². The second kappa shape index (κ2) is 11.5. The lowest BCUT2D eigenvalue weighted by Crippen LogP contribution is -2.33. The lowest BCUT2D eigenvalue weighted by atomic mass is 10.1. The van der Waals surface area contributed by atoms with Gasteiger partial charge in [0.15, 0.2) is 11.2 Å². The molecule has 0 aliphatic rings. The van der Waals surface area contributed by atoms with Crippen LogP contribution in [0, 0.1) is 11.8 Å². The first-order valence-electron chi connectivity index (χ1n) is 9.52. The first-order chi connectivity index (χ1) is 13.7. The van der Waals surface area contributed by atoms with E-state index in [0.29, 0.717) is 25.0 Å². The quantitative estimate of drug-likeness (QED) is 0.444. The van der Waals surface area contributed by atoms with Gasteiger partial charge < -0.3 is 25.5 Å². The number of halogens is 1. The van der Waals surface area contributed by atoms with Crippen LogP contribution >= 0.6 is 12.4 Å². The summed E-state index contributed by atoms with van der Waals surface area (Å²) in [6, 6.07) is -0.689. The molecule has 5 N–H and O–H groups in total. The van der Waals surface area contributed by atoms with E-state index in [1.807, 2.05) is 0 Å². The average molecular weight is 445 g/mol. The highest BCUT2D eigenvalue weighted by atomic mass is 35.5. The number of imidazole rings is 1. The molecular weight excluding hydrogens is 416 g/mol. The highest BCUT2D eigenvalue weighted by molar-refractivity contribution is 5.85. The minimum absolute atomic E-state index is 0. The van der Waals surface area contributed by atoms with Crippen LogP contribution in [-0.4, -0.2) is 50.7 Å². The van der Waals surface area contributed by atoms with Crippen LogP contribution < -0.4 is 17.0 Å². The first kappa shape index (κ1) is 25.4. The molecule has 12 heteroatoms. The van der Waals surface area contributed by atoms with Gasteiger partial charge in [-0.05, 0) is 12.8 Å². The summed E-state index contributed by atoms with van der Waals surface area (Å²) >= 11 is 0. The number of carbonyl (C=O) groups excluding carboxylic acids is 2. The second-order valence-electron chi connectivity index (χ2n) is 7.15. The van der Waals surface area contributed by atoms with Gasteiger partial charge in [-0.2, -0.15) is 4.98 Å². The van der Waals surface area contributed by atoms with Crippen molar-refractivity contribution in [3.8, 4) is 0 Å². The summed E-state index contributed by atoms with van der Waals surface area (Å²) in [6.07, 6.45) is 2.44. The summed E-state index contributed by atoms with van der Waals surface area (Å²) in [4.78, 5) is 46.1. The molecule has 0 aliphatic carbocycles. The highest BCUT2D eigenvalue weighted by Crippen LogP contribution is 2.13. The van der Waals surface area contributed by atoms with Crippen molar-refractivity contribution in [3.63, 3.8) is 0 Å². The number of esters is 2. The number of nitrogens with zero attached hydrogens (tertiary/aromatic N) is 3. The number of hydrogen-bond donors (Lipinski definition) is 3. The zero-order chi connectivity index (χ0) is 21.6. The van der Waals surface area contributed by atoms with Gasteiger partial charge in [0.25, 0.3) is 5.56 Å². The van der Waals surface area contributed by atoms with Crippen LogP contribution in [0.3, 0.4) is 0 Å². The SMILES string of the molecule is CC[C@H](N)C(=O)OCC(CCn1cnc2c(=O)[nH]c(N)nc21)COC(=O)C(C)C.Cl. The molecule has 0 amide bonds. The predicted molar refractivity (Wildman–Crippen MR) is 113 cm³/mol. The first-order valence-corrected chi connectivity index (χ1v) is 9.52. The monoisotopic (exact) mass is 444 g/mol. The minimum atomic E-state index is -0.689. The number of H-pyrrole nitrogens is 1. The van der Waals surface area contributed by atoms with Crippen molar-refractivity contribution in [2.24, 2.45) is 17.6 Å². The fourth-order valence-electron chi connectivity index (χ4n) is 2.51. The van der Waals surface area contributed by atoms with Gasteiger partial charge in [-0.15, -0.1) is 12.4 Å². The van der Waals surface area contributed by atoms with Crippen LogP contribution in [0.15, 0.2) is 11.1 Å². The van der Waals surface area contributed by atoms with Crippen molar-refractivity contribution >= 4 is 41.5 Å². The fraction of sp³-hybridized carbons (Fsp3) is 0.611. The number of rotatable bonds is 10. The summed E-state index contributed by atoms with van der Waals surface area (Å²) in [7, 11) is 0. The van der Waals surface area contributed by atoms with Crippen molar-refractivity contribution in [1.82, 2.24) is 19.5 Å². The molecule has 0 bridgehead atoms. The second-order valence-corrected chi connectivity index (χ2v) is 7.15. The van der Waals surface area contributed by atoms with Crippen molar-refractivity contribution in [1.29, 1.82) is 0 Å². The lowest BCUT2D eigenvalue weighted by Gasteiger charge is -2.19. The van der Waals surface area contributed by atoms with Gasteiger partial charge in [0, 0.05) is 12.5 Å². The van der Waals surface area contributed by atoms with Gasteiger partial charge in [0.2, 0.25) is 5.95 Å². The summed E-state index contributed by atoms with van der Waals surface area (Å²) in [5.74, 6) is -1.36. The van der Waals surface area contributed by atoms with Gasteiger partial charge in [-0.25, -0.2) is 4.98 Å². The number of nitrogens with two attached hydrogens (primary N) is 2. The highest BCUT2D eigenvalue weighted by Gasteiger charge is 2.20. The van der Waals surface area contributed by atoms with Gasteiger partial charge in [-0.1, -0.05) is 20.8 Å². The molecular formula is C18H29ClN6O5. The molecule has 2 rings (SSSR count). The van der Waals surface area contributed by atoms with Gasteiger partial charge in [-0.3, -0.25) is 19.4 Å². The predicted octanol–water partition coefficient (Wildman–Crippen LogP) is 0.610. The molecule has 0 spiro atoms. The number of fused-ring (bicyclic) bond motifs is 1. The van der Waals surface area contributed by atoms with Gasteiger partial charge >= 0.3 is 11.9 Å². The third kappa shape index (κ3) is 6.70. The number of aromatic amines is 1. The van der Waals surface area contributed by atoms with Gasteiger partial charge in [0.05, 0.1) is 25.5 Å². The van der Waals surface area contributed by atoms with Crippen LogP contribution in [0.2, 0.25) is 0 Å². The maximum atomic E-state index is 11.9. The van der Waals surface area contributed by atoms with E-state index in [-0.39, 0.29) is 54.9 Å². The third-order valence-electron chi connectivity index (χ3n) is 4.41. The molecule has 2 atom stereocenters. The van der Waals surface area contributed by atoms with Crippen LogP contribution in [0.4, 0.5) is 5.95 Å². The Morgan fingerprint density at radius 3 is 2.47 bits per heavy atom. The molecule has 2 aromatic rings. The number of hydrogen-bond acceptors (Lipinski definition) is 9. The Morgan fingerprint density at radius 2 is 1.87 bits per heavy atom. The maximum Gasteiger partial charge on any atom is 0.322 e. The maximum absolute atomic E-state index is 11.9. The van der Waals surface area contributed by atoms with Crippen LogP contribution in [0.25, 0.3) is 11.2 Å². The Kier molecular flexibility index (Phi) is 9.73. The topological polar surface area (TPSA) is 168 Å². The van der Waals surface area contributed by atoms with Crippen LogP contribution in [0.1, 0.15) is 33.6 Å². The summed E-state index contributed by atoms with van der Waals surface area (Å²) in [5.41, 5.74) is 11.4. The summed E-state index contributed by atoms with van der Waals surface area (Å²) in [5, 5.41) is 0. The number of ether oxygens (including phenoxy) is 2. The number of anilines is 1. The fourth-order valence-corrected chi connectivity index (χ4v) is 2.51. The summed E-state index contributed by atoms with van der Waals surface area (Å²) in [6.45, 7) is 5.83. The molecule has 2 heterocycles. The molecule has 0 saturated carbocycles. The van der Waals surface area contributed by atoms with E-state index in [4.69, 9.17) is 20.9 Å². The van der Waals surface area contributed by atoms with E-state index in [9.17, 15) is 14.4 Å². The number of aryl methyl sites for hydroxylation is 1. The van der Waals surface area contributed by atoms with Crippen molar-refractivity contribution < 1.29 is 19.1 Å². The molecule has 2 aromatic heterocycles. The zero-order valence-electron chi connectivity index (χ0n) is 17.3. The summed E-state index contributed by atoms with van der Waals surface area (Å²) < 4.78 is 12.3. The van der Waals surface area contributed by atoms with E-state index in [0.717, 1.165) is 0 Å². The Balaban J connectivity index is 0.00000450. The largest absolute Gasteiger partial charge is 0.465 e.